The van der Waals surface area contributed by atoms with Gasteiger partial charge in [0, 0.05) is 20.5 Å². The van der Waals surface area contributed by atoms with E-state index in [0.717, 1.165) is 41.7 Å². The minimum absolute atomic E-state index is 0.0670. The van der Waals surface area contributed by atoms with E-state index in [0.29, 0.717) is 6.61 Å². The number of nitrogens with zero attached hydrogens (tertiary/aromatic N) is 3. The topological polar surface area (TPSA) is 67.6 Å². The molecule has 1 N–H and O–H groups in total. The Morgan fingerprint density at radius 1 is 1.18 bits per heavy atom. The van der Waals surface area contributed by atoms with Crippen molar-refractivity contribution in [2.24, 2.45) is 0 Å². The van der Waals surface area contributed by atoms with Crippen LogP contribution in [0.4, 0.5) is 0 Å². The zero-order valence-corrected chi connectivity index (χ0v) is 16.4. The Hall–Kier alpha value is -2.86. The van der Waals surface area contributed by atoms with Crippen LogP contribution in [0.5, 0.6) is 5.75 Å². The van der Waals surface area contributed by atoms with Crippen molar-refractivity contribution in [3.63, 3.8) is 0 Å². The molecule has 0 saturated carbocycles. The number of carbonyl (C=O) groups excluding carboxylic acids is 1. The van der Waals surface area contributed by atoms with Gasteiger partial charge in [0.2, 0.25) is 5.91 Å². The van der Waals surface area contributed by atoms with Crippen molar-refractivity contribution in [3.8, 4) is 5.75 Å². The molecule has 0 fully saturated rings. The number of unbranched alkanes of at least 4 members (excludes halogenated alkanes) is 1. The van der Waals surface area contributed by atoms with Gasteiger partial charge in [0.1, 0.15) is 5.75 Å². The summed E-state index contributed by atoms with van der Waals surface area (Å²) < 4.78 is 7.97. The SMILES string of the molecule is CC(=O)N(C)C[C@H](O)c1ccc(OCCCCn2cnc3ccccc32)cc1. The molecule has 0 aliphatic carbocycles. The molecule has 0 spiro atoms. The Morgan fingerprint density at radius 3 is 2.68 bits per heavy atom. The van der Waals surface area contributed by atoms with E-state index in [2.05, 4.69) is 15.6 Å². The van der Waals surface area contributed by atoms with Gasteiger partial charge in [-0.05, 0) is 42.7 Å². The van der Waals surface area contributed by atoms with E-state index in [1.165, 1.54) is 11.8 Å². The van der Waals surface area contributed by atoms with Gasteiger partial charge in [-0.15, -0.1) is 0 Å². The number of fused-ring (bicyclic) bond motifs is 1. The number of carbonyl (C=O) groups is 1. The first-order chi connectivity index (χ1) is 13.5. The highest BCUT2D eigenvalue weighted by Gasteiger charge is 2.12. The summed E-state index contributed by atoms with van der Waals surface area (Å²) in [5.41, 5.74) is 2.95. The highest BCUT2D eigenvalue weighted by molar-refractivity contribution is 5.74. The average Bonchev–Trinajstić information content (AvgIpc) is 3.11. The first kappa shape index (κ1) is 19.9. The summed E-state index contributed by atoms with van der Waals surface area (Å²) in [7, 11) is 1.68. The van der Waals surface area contributed by atoms with Gasteiger partial charge in [-0.3, -0.25) is 4.79 Å². The third-order valence-electron chi connectivity index (χ3n) is 4.84. The molecule has 148 valence electrons. The maximum atomic E-state index is 11.3. The fourth-order valence-electron chi connectivity index (χ4n) is 3.04. The average molecular weight is 381 g/mol. The van der Waals surface area contributed by atoms with Crippen LogP contribution in [-0.4, -0.2) is 45.7 Å². The highest BCUT2D eigenvalue weighted by Crippen LogP contribution is 2.19. The number of amides is 1. The van der Waals surface area contributed by atoms with Gasteiger partial charge in [0.05, 0.1) is 36.6 Å². The molecule has 1 aromatic heterocycles. The summed E-state index contributed by atoms with van der Waals surface area (Å²) in [6.07, 6.45) is 3.14. The van der Waals surface area contributed by atoms with E-state index in [-0.39, 0.29) is 12.5 Å². The lowest BCUT2D eigenvalue weighted by molar-refractivity contribution is -0.128. The largest absolute Gasteiger partial charge is 0.494 e. The van der Waals surface area contributed by atoms with Gasteiger partial charge in [0.15, 0.2) is 0 Å². The van der Waals surface area contributed by atoms with Crippen LogP contribution in [0.2, 0.25) is 0 Å². The van der Waals surface area contributed by atoms with E-state index >= 15 is 0 Å². The second-order valence-corrected chi connectivity index (χ2v) is 6.97. The first-order valence-electron chi connectivity index (χ1n) is 9.57. The number of para-hydroxylation sites is 2. The smallest absolute Gasteiger partial charge is 0.219 e. The first-order valence-corrected chi connectivity index (χ1v) is 9.57. The number of aromatic nitrogens is 2. The molecule has 0 radical (unpaired) electrons. The highest BCUT2D eigenvalue weighted by atomic mass is 16.5. The van der Waals surface area contributed by atoms with Crippen LogP contribution in [-0.2, 0) is 11.3 Å². The van der Waals surface area contributed by atoms with Crippen molar-refractivity contribution in [1.82, 2.24) is 14.5 Å². The summed E-state index contributed by atoms with van der Waals surface area (Å²) in [6, 6.07) is 15.5. The predicted molar refractivity (Wildman–Crippen MR) is 109 cm³/mol. The third kappa shape index (κ3) is 5.10. The van der Waals surface area contributed by atoms with Crippen molar-refractivity contribution in [1.29, 1.82) is 0 Å². The van der Waals surface area contributed by atoms with Gasteiger partial charge in [-0.1, -0.05) is 24.3 Å². The normalized spacial score (nSPS) is 12.1. The Bertz CT molecular complexity index is 905. The van der Waals surface area contributed by atoms with E-state index in [1.807, 2.05) is 48.8 Å². The molecule has 0 bridgehead atoms. The van der Waals surface area contributed by atoms with Crippen molar-refractivity contribution >= 4 is 16.9 Å². The molecule has 0 aliphatic heterocycles. The number of rotatable bonds is 9. The van der Waals surface area contributed by atoms with Crippen LogP contribution in [0.3, 0.4) is 0 Å². The number of imidazole rings is 1. The second-order valence-electron chi connectivity index (χ2n) is 6.97. The van der Waals surface area contributed by atoms with Crippen molar-refractivity contribution in [3.05, 3.63) is 60.4 Å². The van der Waals surface area contributed by atoms with E-state index in [4.69, 9.17) is 4.74 Å². The zero-order valence-electron chi connectivity index (χ0n) is 16.4. The monoisotopic (exact) mass is 381 g/mol. The summed E-state index contributed by atoms with van der Waals surface area (Å²) in [5, 5.41) is 10.2. The van der Waals surface area contributed by atoms with Crippen LogP contribution in [0.15, 0.2) is 54.9 Å². The number of aliphatic hydroxyl groups is 1. The Labute approximate surface area is 165 Å². The molecule has 0 aliphatic rings. The van der Waals surface area contributed by atoms with Crippen LogP contribution in [0.25, 0.3) is 11.0 Å². The lowest BCUT2D eigenvalue weighted by Crippen LogP contribution is -2.28. The fraction of sp³-hybridized carbons (Fsp3) is 0.364. The molecule has 6 nitrogen and oxygen atoms in total. The predicted octanol–water partition coefficient (Wildman–Crippen LogP) is 3.41. The van der Waals surface area contributed by atoms with Gasteiger partial charge in [-0.25, -0.2) is 4.98 Å². The standard InChI is InChI=1S/C22H27N3O3/c1-17(26)24(2)15-22(27)18-9-11-19(12-10-18)28-14-6-5-13-25-16-23-20-7-3-4-8-21(20)25/h3-4,7-12,16,22,27H,5-6,13-15H2,1-2H3/t22-/m0/s1. The molecule has 1 atom stereocenters. The zero-order chi connectivity index (χ0) is 19.9. The minimum atomic E-state index is -0.701. The molecule has 1 heterocycles. The number of aryl methyl sites for hydroxylation is 1. The number of benzene rings is 2. The van der Waals surface area contributed by atoms with Crippen LogP contribution in [0, 0.1) is 0 Å². The lowest BCUT2D eigenvalue weighted by Gasteiger charge is -2.19. The maximum Gasteiger partial charge on any atom is 0.219 e. The Kier molecular flexibility index (Phi) is 6.66. The molecule has 0 saturated heterocycles. The molecule has 1 amide bonds. The number of hydrogen-bond acceptors (Lipinski definition) is 4. The number of likely N-dealkylation sites (N-methyl/N-ethyl adjacent to an activating group) is 1. The summed E-state index contributed by atoms with van der Waals surface area (Å²) in [5.74, 6) is 0.714. The molecular formula is C22H27N3O3. The summed E-state index contributed by atoms with van der Waals surface area (Å²) in [6.45, 7) is 3.32. The van der Waals surface area contributed by atoms with Crippen LogP contribution < -0.4 is 4.74 Å². The van der Waals surface area contributed by atoms with E-state index < -0.39 is 6.10 Å². The molecule has 3 rings (SSSR count). The van der Waals surface area contributed by atoms with E-state index in [1.54, 1.807) is 7.05 Å². The number of hydrogen-bond donors (Lipinski definition) is 1. The van der Waals surface area contributed by atoms with Gasteiger partial charge in [0.25, 0.3) is 0 Å². The van der Waals surface area contributed by atoms with Crippen molar-refractivity contribution < 1.29 is 14.6 Å². The molecule has 28 heavy (non-hydrogen) atoms. The van der Waals surface area contributed by atoms with Crippen LogP contribution >= 0.6 is 0 Å². The molecule has 3 aromatic rings. The van der Waals surface area contributed by atoms with Crippen molar-refractivity contribution in [2.45, 2.75) is 32.4 Å². The minimum Gasteiger partial charge on any atom is -0.494 e. The van der Waals surface area contributed by atoms with Crippen molar-refractivity contribution in [2.75, 3.05) is 20.2 Å². The van der Waals surface area contributed by atoms with E-state index in [9.17, 15) is 9.90 Å². The molecule has 6 heteroatoms. The van der Waals surface area contributed by atoms with Gasteiger partial charge >= 0.3 is 0 Å². The quantitative estimate of drug-likeness (QED) is 0.577. The number of aliphatic hydroxyl groups excluding tert-OH is 1. The summed E-state index contributed by atoms with van der Waals surface area (Å²) >= 11 is 0. The third-order valence-corrected chi connectivity index (χ3v) is 4.84. The Morgan fingerprint density at radius 2 is 1.93 bits per heavy atom. The lowest BCUT2D eigenvalue weighted by atomic mass is 10.1. The molecular weight excluding hydrogens is 354 g/mol. The number of ether oxygens (including phenoxy) is 1. The molecule has 0 unspecified atom stereocenters. The maximum absolute atomic E-state index is 11.3. The molecule has 2 aromatic carbocycles. The summed E-state index contributed by atoms with van der Waals surface area (Å²) in [4.78, 5) is 17.2. The second kappa shape index (κ2) is 9.37. The van der Waals surface area contributed by atoms with Crippen LogP contribution in [0.1, 0.15) is 31.4 Å². The Balaban J connectivity index is 1.41. The van der Waals surface area contributed by atoms with Gasteiger partial charge < -0.3 is 19.3 Å². The fourth-order valence-corrected chi connectivity index (χ4v) is 3.04. The van der Waals surface area contributed by atoms with Gasteiger partial charge in [-0.2, -0.15) is 0 Å².